The molecule has 1 amide bonds. The molecule has 1 aliphatic heterocycles. The predicted molar refractivity (Wildman–Crippen MR) is 124 cm³/mol. The van der Waals surface area contributed by atoms with Crippen molar-refractivity contribution in [2.45, 2.75) is 32.0 Å². The van der Waals surface area contributed by atoms with E-state index in [-0.39, 0.29) is 36.8 Å². The first-order valence-corrected chi connectivity index (χ1v) is 11.1. The summed E-state index contributed by atoms with van der Waals surface area (Å²) in [6, 6.07) is 11.5. The van der Waals surface area contributed by atoms with Crippen LogP contribution in [-0.4, -0.2) is 44.9 Å². The number of aromatic nitrogens is 2. The number of hydrogen-bond acceptors (Lipinski definition) is 6. The Hall–Kier alpha value is -4.15. The Kier molecular flexibility index (Phi) is 7.09. The predicted octanol–water partition coefficient (Wildman–Crippen LogP) is 4.61. The summed E-state index contributed by atoms with van der Waals surface area (Å²) in [4.78, 5) is 34.1. The van der Waals surface area contributed by atoms with E-state index in [4.69, 9.17) is 4.74 Å². The fourth-order valence-corrected chi connectivity index (χ4v) is 3.99. The van der Waals surface area contributed by atoms with Crippen molar-refractivity contribution in [3.8, 4) is 11.5 Å². The van der Waals surface area contributed by atoms with Gasteiger partial charge in [-0.2, -0.15) is 13.2 Å². The molecule has 0 radical (unpaired) electrons. The van der Waals surface area contributed by atoms with Crippen LogP contribution in [0.1, 0.15) is 35.0 Å². The third kappa shape index (κ3) is 5.91. The number of carboxylic acid groups (broad SMARTS) is 1. The normalized spacial score (nSPS) is 15.4. The Morgan fingerprint density at radius 3 is 2.67 bits per heavy atom. The number of anilines is 1. The second-order valence-corrected chi connectivity index (χ2v) is 8.32. The molecule has 0 fully saturated rings. The van der Waals surface area contributed by atoms with Crippen LogP contribution in [-0.2, 0) is 22.2 Å². The van der Waals surface area contributed by atoms with Gasteiger partial charge in [0.1, 0.15) is 23.0 Å². The van der Waals surface area contributed by atoms with Gasteiger partial charge in [-0.3, -0.25) is 14.6 Å². The van der Waals surface area contributed by atoms with E-state index in [1.165, 1.54) is 11.0 Å². The zero-order chi connectivity index (χ0) is 25.9. The van der Waals surface area contributed by atoms with Crippen LogP contribution in [0, 0.1) is 6.92 Å². The van der Waals surface area contributed by atoms with Crippen LogP contribution in [0.4, 0.5) is 19.0 Å². The van der Waals surface area contributed by atoms with E-state index in [2.05, 4.69) is 15.3 Å². The highest BCUT2D eigenvalue weighted by Crippen LogP contribution is 2.36. The Balaban J connectivity index is 1.56. The van der Waals surface area contributed by atoms with Crippen LogP contribution in [0.3, 0.4) is 0 Å². The highest BCUT2D eigenvalue weighted by atomic mass is 19.4. The summed E-state index contributed by atoms with van der Waals surface area (Å²) in [5.74, 6) is -0.600. The fraction of sp³-hybridized carbons (Fsp3) is 0.280. The number of hydrogen-bond donors (Lipinski definition) is 2. The van der Waals surface area contributed by atoms with Gasteiger partial charge in [0.2, 0.25) is 5.91 Å². The number of nitrogens with one attached hydrogen (secondary N) is 1. The van der Waals surface area contributed by atoms with E-state index in [1.807, 2.05) is 13.0 Å². The third-order valence-corrected chi connectivity index (χ3v) is 5.66. The standard InChI is InChI=1S/C25H23F3N4O4/c1-15-5-6-18(14-30-15)36-17-4-2-3-16(11-17)12-22(33)32-10-9-29-24-19(20(32)13-23(34)35)7-8-21(31-24)25(26,27)28/h2-8,11,14,20H,9-10,12-13H2,1H3,(H,29,31)(H,34,35). The minimum Gasteiger partial charge on any atom is -0.481 e. The van der Waals surface area contributed by atoms with E-state index in [1.54, 1.807) is 36.5 Å². The molecule has 36 heavy (non-hydrogen) atoms. The molecule has 188 valence electrons. The summed E-state index contributed by atoms with van der Waals surface area (Å²) < 4.78 is 45.2. The molecular formula is C25H23F3N4O4. The Labute approximate surface area is 204 Å². The number of amides is 1. The summed E-state index contributed by atoms with van der Waals surface area (Å²) >= 11 is 0. The molecule has 11 heteroatoms. The number of nitrogens with zero attached hydrogens (tertiary/aromatic N) is 3. The molecule has 8 nitrogen and oxygen atoms in total. The third-order valence-electron chi connectivity index (χ3n) is 5.66. The average molecular weight is 500 g/mol. The van der Waals surface area contributed by atoms with Crippen molar-refractivity contribution in [3.05, 3.63) is 77.2 Å². The van der Waals surface area contributed by atoms with E-state index >= 15 is 0 Å². The number of pyridine rings is 2. The first-order chi connectivity index (χ1) is 17.1. The molecular weight excluding hydrogens is 477 g/mol. The lowest BCUT2D eigenvalue weighted by atomic mass is 10.0. The summed E-state index contributed by atoms with van der Waals surface area (Å²) in [5.41, 5.74) is 0.606. The number of carboxylic acids is 1. The number of aliphatic carboxylic acids is 1. The number of fused-ring (bicyclic) bond motifs is 1. The van der Waals surface area contributed by atoms with E-state index in [9.17, 15) is 27.9 Å². The van der Waals surface area contributed by atoms with E-state index < -0.39 is 30.3 Å². The van der Waals surface area contributed by atoms with Crippen LogP contribution in [0.25, 0.3) is 0 Å². The molecule has 4 rings (SSSR count). The van der Waals surface area contributed by atoms with Crippen molar-refractivity contribution in [1.82, 2.24) is 14.9 Å². The fourth-order valence-electron chi connectivity index (χ4n) is 3.99. The topological polar surface area (TPSA) is 105 Å². The van der Waals surface area contributed by atoms with Gasteiger partial charge >= 0.3 is 12.1 Å². The molecule has 3 aromatic rings. The van der Waals surface area contributed by atoms with E-state index in [0.29, 0.717) is 17.1 Å². The molecule has 0 saturated carbocycles. The summed E-state index contributed by atoms with van der Waals surface area (Å²) in [6.45, 7) is 2.07. The number of aryl methyl sites for hydroxylation is 1. The maximum absolute atomic E-state index is 13.3. The Bertz CT molecular complexity index is 1260. The zero-order valence-corrected chi connectivity index (χ0v) is 19.2. The van der Waals surface area contributed by atoms with Crippen molar-refractivity contribution in [2.24, 2.45) is 0 Å². The lowest BCUT2D eigenvalue weighted by molar-refractivity contribution is -0.142. The molecule has 2 aromatic heterocycles. The number of rotatable bonds is 6. The molecule has 1 unspecified atom stereocenters. The van der Waals surface area contributed by atoms with Gasteiger partial charge in [0.05, 0.1) is 25.1 Å². The van der Waals surface area contributed by atoms with Crippen molar-refractivity contribution in [2.75, 3.05) is 18.4 Å². The van der Waals surface area contributed by atoms with Gasteiger partial charge in [0, 0.05) is 24.3 Å². The van der Waals surface area contributed by atoms with Gasteiger partial charge in [-0.25, -0.2) is 4.98 Å². The van der Waals surface area contributed by atoms with Crippen LogP contribution < -0.4 is 10.1 Å². The Morgan fingerprint density at radius 1 is 1.17 bits per heavy atom. The molecule has 2 N–H and O–H groups in total. The number of carbonyl (C=O) groups excluding carboxylic acids is 1. The average Bonchev–Trinajstić information content (AvgIpc) is 2.99. The van der Waals surface area contributed by atoms with Gasteiger partial charge in [-0.05, 0) is 42.8 Å². The lowest BCUT2D eigenvalue weighted by Crippen LogP contribution is -2.38. The van der Waals surface area contributed by atoms with Crippen molar-refractivity contribution >= 4 is 17.7 Å². The SMILES string of the molecule is Cc1ccc(Oc2cccc(CC(=O)N3CCNc4nc(C(F)(F)F)ccc4C3CC(=O)O)c2)cn1. The number of ether oxygens (including phenoxy) is 1. The molecule has 1 aromatic carbocycles. The quantitative estimate of drug-likeness (QED) is 0.509. The maximum Gasteiger partial charge on any atom is 0.433 e. The number of halogens is 3. The minimum absolute atomic E-state index is 0.0527. The van der Waals surface area contributed by atoms with Crippen molar-refractivity contribution in [1.29, 1.82) is 0 Å². The largest absolute Gasteiger partial charge is 0.481 e. The molecule has 0 bridgehead atoms. The number of carbonyl (C=O) groups is 2. The van der Waals surface area contributed by atoms with Gasteiger partial charge < -0.3 is 20.1 Å². The van der Waals surface area contributed by atoms with Crippen molar-refractivity contribution < 1.29 is 32.6 Å². The highest BCUT2D eigenvalue weighted by Gasteiger charge is 2.36. The van der Waals surface area contributed by atoms with Crippen LogP contribution in [0.5, 0.6) is 11.5 Å². The molecule has 0 aliphatic carbocycles. The van der Waals surface area contributed by atoms with Crippen LogP contribution in [0.2, 0.25) is 0 Å². The lowest BCUT2D eigenvalue weighted by Gasteiger charge is -2.29. The van der Waals surface area contributed by atoms with Gasteiger partial charge in [-0.1, -0.05) is 18.2 Å². The Morgan fingerprint density at radius 2 is 1.97 bits per heavy atom. The first-order valence-electron chi connectivity index (χ1n) is 11.1. The number of alkyl halides is 3. The van der Waals surface area contributed by atoms with Crippen molar-refractivity contribution in [3.63, 3.8) is 0 Å². The summed E-state index contributed by atoms with van der Waals surface area (Å²) in [5, 5.41) is 12.3. The first kappa shape index (κ1) is 25.0. The minimum atomic E-state index is -4.65. The van der Waals surface area contributed by atoms with E-state index in [0.717, 1.165) is 11.8 Å². The molecule has 3 heterocycles. The number of benzene rings is 1. The van der Waals surface area contributed by atoms with Crippen LogP contribution in [0.15, 0.2) is 54.7 Å². The molecule has 0 spiro atoms. The summed E-state index contributed by atoms with van der Waals surface area (Å²) in [6.07, 6.45) is -3.59. The second kappa shape index (κ2) is 10.2. The smallest absolute Gasteiger partial charge is 0.433 e. The second-order valence-electron chi connectivity index (χ2n) is 8.32. The molecule has 1 aliphatic rings. The molecule has 1 atom stereocenters. The zero-order valence-electron chi connectivity index (χ0n) is 19.2. The van der Waals surface area contributed by atoms with Crippen LogP contribution >= 0.6 is 0 Å². The monoisotopic (exact) mass is 500 g/mol. The summed E-state index contributed by atoms with van der Waals surface area (Å²) in [7, 11) is 0. The molecule has 0 saturated heterocycles. The highest BCUT2D eigenvalue weighted by molar-refractivity contribution is 5.81. The van der Waals surface area contributed by atoms with Gasteiger partial charge in [-0.15, -0.1) is 0 Å². The maximum atomic E-state index is 13.3. The van der Waals surface area contributed by atoms with Gasteiger partial charge in [0.25, 0.3) is 0 Å². The van der Waals surface area contributed by atoms with Gasteiger partial charge in [0.15, 0.2) is 0 Å².